The first kappa shape index (κ1) is 8.70. The highest BCUT2D eigenvalue weighted by atomic mass is 15.3. The number of nitrogens with zero attached hydrogens (tertiary/aromatic N) is 3. The van der Waals surface area contributed by atoms with Gasteiger partial charge < -0.3 is 5.32 Å². The van der Waals surface area contributed by atoms with E-state index in [1.807, 2.05) is 6.92 Å². The average molecular weight is 167 g/mol. The molecule has 0 radical (unpaired) electrons. The van der Waals surface area contributed by atoms with Gasteiger partial charge in [0.15, 0.2) is 0 Å². The number of H-pyrrole nitrogens is 1. The van der Waals surface area contributed by atoms with Crippen LogP contribution in [0.1, 0.15) is 20.3 Å². The molecule has 0 saturated heterocycles. The standard InChI is InChI=1S/C7H13N5/c1-3-5-9-7-10-6(8-4-2)11-12-7/h4H,3,5H2,1-2H3,(H2,9,10,11,12). The maximum Gasteiger partial charge on any atom is 0.246 e. The molecule has 0 aromatic carbocycles. The summed E-state index contributed by atoms with van der Waals surface area (Å²) in [6.07, 6.45) is 2.73. The van der Waals surface area contributed by atoms with E-state index < -0.39 is 0 Å². The molecule has 5 heteroatoms. The molecule has 0 unspecified atom stereocenters. The quantitative estimate of drug-likeness (QED) is 0.665. The van der Waals surface area contributed by atoms with E-state index in [0.29, 0.717) is 11.9 Å². The Morgan fingerprint density at radius 1 is 1.67 bits per heavy atom. The molecule has 1 aromatic heterocycles. The molecule has 0 saturated carbocycles. The first-order valence-corrected chi connectivity index (χ1v) is 4.01. The predicted molar refractivity (Wildman–Crippen MR) is 49.0 cm³/mol. The molecule has 1 heterocycles. The summed E-state index contributed by atoms with van der Waals surface area (Å²) in [6, 6.07) is 0. The van der Waals surface area contributed by atoms with Crippen molar-refractivity contribution in [3.8, 4) is 0 Å². The summed E-state index contributed by atoms with van der Waals surface area (Å²) in [5, 5.41) is 9.65. The molecule has 0 amide bonds. The largest absolute Gasteiger partial charge is 0.353 e. The van der Waals surface area contributed by atoms with Crippen molar-refractivity contribution in [1.29, 1.82) is 0 Å². The van der Waals surface area contributed by atoms with E-state index in [1.165, 1.54) is 0 Å². The van der Waals surface area contributed by atoms with Crippen molar-refractivity contribution in [2.75, 3.05) is 11.9 Å². The van der Waals surface area contributed by atoms with Crippen molar-refractivity contribution in [2.45, 2.75) is 20.3 Å². The van der Waals surface area contributed by atoms with Gasteiger partial charge in [-0.05, 0) is 13.3 Å². The first-order chi connectivity index (χ1) is 5.86. The minimum Gasteiger partial charge on any atom is -0.353 e. The van der Waals surface area contributed by atoms with Crippen LogP contribution in [0.2, 0.25) is 0 Å². The summed E-state index contributed by atoms with van der Waals surface area (Å²) < 4.78 is 0. The van der Waals surface area contributed by atoms with Crippen LogP contribution in [0, 0.1) is 0 Å². The summed E-state index contributed by atoms with van der Waals surface area (Å²) in [5.41, 5.74) is 0. The van der Waals surface area contributed by atoms with Crippen LogP contribution in [0.5, 0.6) is 0 Å². The van der Waals surface area contributed by atoms with E-state index in [9.17, 15) is 0 Å². The van der Waals surface area contributed by atoms with Gasteiger partial charge in [-0.15, -0.1) is 5.10 Å². The van der Waals surface area contributed by atoms with Crippen molar-refractivity contribution in [2.24, 2.45) is 4.99 Å². The second kappa shape index (κ2) is 4.48. The minimum absolute atomic E-state index is 0.538. The lowest BCUT2D eigenvalue weighted by atomic mass is 10.5. The Morgan fingerprint density at radius 3 is 3.17 bits per heavy atom. The van der Waals surface area contributed by atoms with E-state index in [-0.39, 0.29) is 0 Å². The topological polar surface area (TPSA) is 66.0 Å². The zero-order valence-electron chi connectivity index (χ0n) is 7.33. The number of rotatable bonds is 4. The molecule has 0 bridgehead atoms. The number of aromatic amines is 1. The van der Waals surface area contributed by atoms with Crippen LogP contribution in [-0.4, -0.2) is 27.9 Å². The maximum absolute atomic E-state index is 4.06. The molecule has 0 fully saturated rings. The molecule has 1 rings (SSSR count). The van der Waals surface area contributed by atoms with Crippen molar-refractivity contribution in [3.63, 3.8) is 0 Å². The Morgan fingerprint density at radius 2 is 2.50 bits per heavy atom. The Labute approximate surface area is 71.3 Å². The minimum atomic E-state index is 0.538. The molecule has 0 spiro atoms. The zero-order valence-corrected chi connectivity index (χ0v) is 7.33. The summed E-state index contributed by atoms with van der Waals surface area (Å²) in [5.74, 6) is 1.15. The van der Waals surface area contributed by atoms with Gasteiger partial charge in [0.2, 0.25) is 11.9 Å². The van der Waals surface area contributed by atoms with E-state index in [4.69, 9.17) is 0 Å². The molecular formula is C7H13N5. The third-order valence-corrected chi connectivity index (χ3v) is 1.26. The summed E-state index contributed by atoms with van der Waals surface area (Å²) in [7, 11) is 0. The molecule has 0 atom stereocenters. The van der Waals surface area contributed by atoms with Gasteiger partial charge >= 0.3 is 0 Å². The monoisotopic (exact) mass is 167 g/mol. The fourth-order valence-electron chi connectivity index (χ4n) is 0.749. The number of nitrogens with one attached hydrogen (secondary N) is 2. The molecule has 5 nitrogen and oxygen atoms in total. The molecule has 0 aliphatic carbocycles. The van der Waals surface area contributed by atoms with Gasteiger partial charge in [-0.25, -0.2) is 10.1 Å². The third kappa shape index (κ3) is 2.34. The van der Waals surface area contributed by atoms with Gasteiger partial charge in [0.1, 0.15) is 0 Å². The number of hydrogen-bond donors (Lipinski definition) is 2. The summed E-state index contributed by atoms with van der Waals surface area (Å²) >= 11 is 0. The Hall–Kier alpha value is -1.39. The maximum atomic E-state index is 4.06. The lowest BCUT2D eigenvalue weighted by Gasteiger charge is -1.94. The van der Waals surface area contributed by atoms with Crippen LogP contribution >= 0.6 is 0 Å². The van der Waals surface area contributed by atoms with E-state index >= 15 is 0 Å². The van der Waals surface area contributed by atoms with Crippen molar-refractivity contribution < 1.29 is 0 Å². The van der Waals surface area contributed by atoms with Gasteiger partial charge in [0.05, 0.1) is 0 Å². The SMILES string of the molecule is CC=Nc1nc(NCCC)n[nH]1. The lowest BCUT2D eigenvalue weighted by Crippen LogP contribution is -2.00. The van der Waals surface area contributed by atoms with Gasteiger partial charge in [0.25, 0.3) is 0 Å². The number of hydrogen-bond acceptors (Lipinski definition) is 4. The summed E-state index contributed by atoms with van der Waals surface area (Å²) in [6.45, 7) is 4.81. The van der Waals surface area contributed by atoms with E-state index in [1.54, 1.807) is 6.21 Å². The van der Waals surface area contributed by atoms with Gasteiger partial charge in [-0.3, -0.25) is 0 Å². The van der Waals surface area contributed by atoms with Crippen LogP contribution in [0.25, 0.3) is 0 Å². The predicted octanol–water partition coefficient (Wildman–Crippen LogP) is 1.35. The second-order valence-electron chi connectivity index (χ2n) is 2.30. The fourth-order valence-corrected chi connectivity index (χ4v) is 0.749. The second-order valence-corrected chi connectivity index (χ2v) is 2.30. The molecule has 2 N–H and O–H groups in total. The van der Waals surface area contributed by atoms with Crippen LogP contribution in [0.4, 0.5) is 11.9 Å². The zero-order chi connectivity index (χ0) is 8.81. The molecular weight excluding hydrogens is 154 g/mol. The number of anilines is 1. The Balaban J connectivity index is 2.52. The highest BCUT2D eigenvalue weighted by Crippen LogP contribution is 2.05. The molecule has 1 aromatic rings. The smallest absolute Gasteiger partial charge is 0.246 e. The summed E-state index contributed by atoms with van der Waals surface area (Å²) in [4.78, 5) is 8.00. The Kier molecular flexibility index (Phi) is 3.25. The first-order valence-electron chi connectivity index (χ1n) is 4.01. The lowest BCUT2D eigenvalue weighted by molar-refractivity contribution is 0.954. The highest BCUT2D eigenvalue weighted by molar-refractivity contribution is 5.57. The van der Waals surface area contributed by atoms with Gasteiger partial charge in [-0.2, -0.15) is 4.98 Å². The van der Waals surface area contributed by atoms with E-state index in [2.05, 4.69) is 32.4 Å². The van der Waals surface area contributed by atoms with Gasteiger partial charge in [0, 0.05) is 12.8 Å². The van der Waals surface area contributed by atoms with Crippen LogP contribution in [0.3, 0.4) is 0 Å². The molecule has 12 heavy (non-hydrogen) atoms. The van der Waals surface area contributed by atoms with Crippen molar-refractivity contribution >= 4 is 18.1 Å². The van der Waals surface area contributed by atoms with Crippen molar-refractivity contribution in [3.05, 3.63) is 0 Å². The molecule has 66 valence electrons. The highest BCUT2D eigenvalue weighted by Gasteiger charge is 1.97. The number of aromatic nitrogens is 3. The molecule has 0 aliphatic heterocycles. The van der Waals surface area contributed by atoms with Crippen LogP contribution in [0.15, 0.2) is 4.99 Å². The number of aliphatic imine (C=N–C) groups is 1. The average Bonchev–Trinajstić information content (AvgIpc) is 2.50. The normalized spacial score (nSPS) is 10.8. The van der Waals surface area contributed by atoms with Crippen LogP contribution < -0.4 is 5.32 Å². The molecule has 0 aliphatic rings. The Bertz CT molecular complexity index is 252. The van der Waals surface area contributed by atoms with Crippen LogP contribution in [-0.2, 0) is 0 Å². The fraction of sp³-hybridized carbons (Fsp3) is 0.571. The third-order valence-electron chi connectivity index (χ3n) is 1.26. The van der Waals surface area contributed by atoms with E-state index in [0.717, 1.165) is 13.0 Å². The van der Waals surface area contributed by atoms with Gasteiger partial charge in [-0.1, -0.05) is 6.92 Å². The van der Waals surface area contributed by atoms with Crippen molar-refractivity contribution in [1.82, 2.24) is 15.2 Å².